The van der Waals surface area contributed by atoms with Crippen molar-refractivity contribution in [2.75, 3.05) is 11.4 Å². The number of halogens is 1. The molecule has 0 bridgehead atoms. The van der Waals surface area contributed by atoms with Crippen LogP contribution in [0.4, 0.5) is 10.1 Å². The number of benzene rings is 1. The fourth-order valence-corrected chi connectivity index (χ4v) is 3.89. The number of anilines is 1. The van der Waals surface area contributed by atoms with Crippen LogP contribution in [0.25, 0.3) is 0 Å². The standard InChI is InChI=1S/C12H13FN2O2S2/c1-15(10-4-2-9(13)3-5-10)19(16,17)12-6-11(7-14)18-8-12/h2-6,8H,7,14H2,1H3. The first kappa shape index (κ1) is 14.0. The molecule has 1 heterocycles. The molecule has 0 aliphatic rings. The van der Waals surface area contributed by atoms with E-state index in [9.17, 15) is 12.8 Å². The van der Waals surface area contributed by atoms with Gasteiger partial charge in [-0.1, -0.05) is 0 Å². The molecule has 102 valence electrons. The molecule has 4 nitrogen and oxygen atoms in total. The summed E-state index contributed by atoms with van der Waals surface area (Å²) in [5.41, 5.74) is 5.88. The molecule has 0 unspecified atom stereocenters. The predicted octanol–water partition coefficient (Wildman–Crippen LogP) is 2.17. The van der Waals surface area contributed by atoms with Gasteiger partial charge in [0.2, 0.25) is 0 Å². The summed E-state index contributed by atoms with van der Waals surface area (Å²) in [6, 6.07) is 6.84. The Morgan fingerprint density at radius 1 is 1.32 bits per heavy atom. The topological polar surface area (TPSA) is 63.4 Å². The first-order valence-corrected chi connectivity index (χ1v) is 7.79. The fourth-order valence-electron chi connectivity index (χ4n) is 1.55. The SMILES string of the molecule is CN(c1ccc(F)cc1)S(=O)(=O)c1csc(CN)c1. The minimum atomic E-state index is -3.63. The van der Waals surface area contributed by atoms with Crippen molar-refractivity contribution >= 4 is 27.0 Å². The van der Waals surface area contributed by atoms with Crippen molar-refractivity contribution in [1.82, 2.24) is 0 Å². The van der Waals surface area contributed by atoms with Crippen LogP contribution in [-0.2, 0) is 16.6 Å². The molecule has 1 aromatic carbocycles. The summed E-state index contributed by atoms with van der Waals surface area (Å²) in [7, 11) is -2.20. The Hall–Kier alpha value is -1.44. The minimum absolute atomic E-state index is 0.199. The lowest BCUT2D eigenvalue weighted by Gasteiger charge is -2.18. The highest BCUT2D eigenvalue weighted by atomic mass is 32.2. The molecule has 2 N–H and O–H groups in total. The summed E-state index contributed by atoms with van der Waals surface area (Å²) in [5, 5.41) is 1.55. The quantitative estimate of drug-likeness (QED) is 0.941. The van der Waals surface area contributed by atoms with Gasteiger partial charge in [-0.25, -0.2) is 12.8 Å². The van der Waals surface area contributed by atoms with Crippen LogP contribution >= 0.6 is 11.3 Å². The third kappa shape index (κ3) is 2.78. The van der Waals surface area contributed by atoms with Crippen molar-refractivity contribution in [2.45, 2.75) is 11.4 Å². The summed E-state index contributed by atoms with van der Waals surface area (Å²) < 4.78 is 38.6. The molecule has 19 heavy (non-hydrogen) atoms. The maximum absolute atomic E-state index is 12.8. The zero-order valence-electron chi connectivity index (χ0n) is 10.2. The Morgan fingerprint density at radius 3 is 2.47 bits per heavy atom. The van der Waals surface area contributed by atoms with Crippen LogP contribution in [0.3, 0.4) is 0 Å². The van der Waals surface area contributed by atoms with Gasteiger partial charge in [-0.3, -0.25) is 4.31 Å². The maximum Gasteiger partial charge on any atom is 0.264 e. The van der Waals surface area contributed by atoms with Gasteiger partial charge in [-0.15, -0.1) is 11.3 Å². The van der Waals surface area contributed by atoms with E-state index >= 15 is 0 Å². The van der Waals surface area contributed by atoms with Crippen LogP contribution in [0.5, 0.6) is 0 Å². The molecule has 0 spiro atoms. The number of sulfonamides is 1. The fraction of sp³-hybridized carbons (Fsp3) is 0.167. The molecule has 0 aliphatic carbocycles. The summed E-state index contributed by atoms with van der Waals surface area (Å²) in [4.78, 5) is 0.996. The summed E-state index contributed by atoms with van der Waals surface area (Å²) in [6.45, 7) is 0.306. The smallest absolute Gasteiger partial charge is 0.264 e. The molecule has 0 atom stereocenters. The van der Waals surface area contributed by atoms with E-state index in [0.29, 0.717) is 12.2 Å². The monoisotopic (exact) mass is 300 g/mol. The highest BCUT2D eigenvalue weighted by Crippen LogP contribution is 2.25. The Kier molecular flexibility index (Phi) is 3.88. The number of rotatable bonds is 4. The highest BCUT2D eigenvalue weighted by molar-refractivity contribution is 7.93. The van der Waals surface area contributed by atoms with Crippen molar-refractivity contribution in [3.05, 3.63) is 46.4 Å². The molecule has 2 aromatic rings. The molecule has 0 saturated heterocycles. The van der Waals surface area contributed by atoms with E-state index in [4.69, 9.17) is 5.73 Å². The van der Waals surface area contributed by atoms with Gasteiger partial charge in [0.1, 0.15) is 5.82 Å². The number of thiophene rings is 1. The van der Waals surface area contributed by atoms with Crippen LogP contribution in [0.15, 0.2) is 40.6 Å². The summed E-state index contributed by atoms with van der Waals surface area (Å²) >= 11 is 1.30. The third-order valence-electron chi connectivity index (χ3n) is 2.68. The minimum Gasteiger partial charge on any atom is -0.326 e. The predicted molar refractivity (Wildman–Crippen MR) is 74.2 cm³/mol. The molecule has 2 rings (SSSR count). The second kappa shape index (κ2) is 5.28. The first-order valence-electron chi connectivity index (χ1n) is 5.47. The van der Waals surface area contributed by atoms with E-state index in [1.165, 1.54) is 42.6 Å². The lowest BCUT2D eigenvalue weighted by atomic mass is 10.3. The second-order valence-electron chi connectivity index (χ2n) is 3.90. The zero-order valence-corrected chi connectivity index (χ0v) is 11.8. The van der Waals surface area contributed by atoms with Gasteiger partial charge < -0.3 is 5.73 Å². The third-order valence-corrected chi connectivity index (χ3v) is 5.55. The Labute approximate surface area is 115 Å². The van der Waals surface area contributed by atoms with Gasteiger partial charge >= 0.3 is 0 Å². The molecular weight excluding hydrogens is 287 g/mol. The van der Waals surface area contributed by atoms with Crippen molar-refractivity contribution < 1.29 is 12.8 Å². The average Bonchev–Trinajstić information content (AvgIpc) is 2.88. The van der Waals surface area contributed by atoms with Gasteiger partial charge in [-0.05, 0) is 30.3 Å². The molecule has 0 amide bonds. The summed E-state index contributed by atoms with van der Waals surface area (Å²) in [5.74, 6) is -0.407. The van der Waals surface area contributed by atoms with Gasteiger partial charge in [0.25, 0.3) is 10.0 Å². The van der Waals surface area contributed by atoms with Gasteiger partial charge in [0.05, 0.1) is 10.6 Å². The van der Waals surface area contributed by atoms with E-state index in [-0.39, 0.29) is 4.90 Å². The van der Waals surface area contributed by atoms with E-state index in [0.717, 1.165) is 9.18 Å². The molecule has 0 aliphatic heterocycles. The Morgan fingerprint density at radius 2 is 1.95 bits per heavy atom. The van der Waals surface area contributed by atoms with E-state index in [2.05, 4.69) is 0 Å². The Balaban J connectivity index is 2.36. The number of hydrogen-bond donors (Lipinski definition) is 1. The number of hydrogen-bond acceptors (Lipinski definition) is 4. The van der Waals surface area contributed by atoms with Crippen molar-refractivity contribution in [1.29, 1.82) is 0 Å². The largest absolute Gasteiger partial charge is 0.326 e. The molecular formula is C12H13FN2O2S2. The van der Waals surface area contributed by atoms with Crippen LogP contribution in [0.2, 0.25) is 0 Å². The van der Waals surface area contributed by atoms with Crippen LogP contribution in [0, 0.1) is 5.82 Å². The molecule has 7 heteroatoms. The first-order chi connectivity index (χ1) is 8.95. The normalized spacial score (nSPS) is 11.5. The van der Waals surface area contributed by atoms with E-state index in [1.54, 1.807) is 11.4 Å². The van der Waals surface area contributed by atoms with Gasteiger partial charge in [0, 0.05) is 23.8 Å². The second-order valence-corrected chi connectivity index (χ2v) is 6.87. The maximum atomic E-state index is 12.8. The van der Waals surface area contributed by atoms with Crippen molar-refractivity contribution in [3.8, 4) is 0 Å². The van der Waals surface area contributed by atoms with Crippen molar-refractivity contribution in [3.63, 3.8) is 0 Å². The van der Waals surface area contributed by atoms with Gasteiger partial charge in [-0.2, -0.15) is 0 Å². The van der Waals surface area contributed by atoms with E-state index < -0.39 is 15.8 Å². The molecule has 0 saturated carbocycles. The molecule has 0 fully saturated rings. The number of nitrogens with two attached hydrogens (primary N) is 1. The lowest BCUT2D eigenvalue weighted by molar-refractivity contribution is 0.594. The average molecular weight is 300 g/mol. The molecule has 0 radical (unpaired) electrons. The molecule has 1 aromatic heterocycles. The summed E-state index contributed by atoms with van der Waals surface area (Å²) in [6.07, 6.45) is 0. The lowest BCUT2D eigenvalue weighted by Crippen LogP contribution is -2.26. The Bertz CT molecular complexity index is 665. The van der Waals surface area contributed by atoms with Crippen LogP contribution in [-0.4, -0.2) is 15.5 Å². The number of nitrogens with zero attached hydrogens (tertiary/aromatic N) is 1. The van der Waals surface area contributed by atoms with Crippen LogP contribution < -0.4 is 10.0 Å². The van der Waals surface area contributed by atoms with Gasteiger partial charge in [0.15, 0.2) is 0 Å². The van der Waals surface area contributed by atoms with Crippen molar-refractivity contribution in [2.24, 2.45) is 5.73 Å². The zero-order chi connectivity index (χ0) is 14.0. The highest BCUT2D eigenvalue weighted by Gasteiger charge is 2.22. The van der Waals surface area contributed by atoms with Crippen LogP contribution in [0.1, 0.15) is 4.88 Å². The van der Waals surface area contributed by atoms with E-state index in [1.807, 2.05) is 0 Å².